The van der Waals surface area contributed by atoms with Crippen molar-refractivity contribution in [2.24, 2.45) is 0 Å². The van der Waals surface area contributed by atoms with Crippen LogP contribution in [0.25, 0.3) is 33.1 Å². The van der Waals surface area contributed by atoms with Gasteiger partial charge in [0, 0.05) is 40.4 Å². The number of aromatic nitrogens is 3. The van der Waals surface area contributed by atoms with Crippen LogP contribution in [0.1, 0.15) is 0 Å². The molecule has 0 aliphatic rings. The molecular weight excluding hydrogens is 234 g/mol. The van der Waals surface area contributed by atoms with Crippen LogP contribution in [0.2, 0.25) is 0 Å². The van der Waals surface area contributed by atoms with Crippen molar-refractivity contribution < 1.29 is 0 Å². The maximum atomic E-state index is 4.43. The van der Waals surface area contributed by atoms with E-state index in [9.17, 15) is 0 Å². The van der Waals surface area contributed by atoms with Gasteiger partial charge in [-0.2, -0.15) is 0 Å². The predicted octanol–water partition coefficient (Wildman–Crippen LogP) is 3.78. The third-order valence-electron chi connectivity index (χ3n) is 3.38. The van der Waals surface area contributed by atoms with Crippen LogP contribution in [0.5, 0.6) is 0 Å². The normalized spacial score (nSPS) is 11.2. The van der Waals surface area contributed by atoms with Crippen molar-refractivity contribution >= 4 is 21.8 Å². The second-order valence-corrected chi connectivity index (χ2v) is 4.49. The Labute approximate surface area is 110 Å². The summed E-state index contributed by atoms with van der Waals surface area (Å²) in [5, 5.41) is 2.33. The van der Waals surface area contributed by atoms with Crippen molar-refractivity contribution in [2.75, 3.05) is 0 Å². The largest absolute Gasteiger partial charge is 0.354 e. The summed E-state index contributed by atoms with van der Waals surface area (Å²) in [7, 11) is 0. The van der Waals surface area contributed by atoms with Crippen LogP contribution in [0, 0.1) is 0 Å². The first-order chi connectivity index (χ1) is 9.43. The Morgan fingerprint density at radius 2 is 1.84 bits per heavy atom. The highest BCUT2D eigenvalue weighted by Gasteiger charge is 2.09. The number of pyridine rings is 2. The number of nitrogens with one attached hydrogen (secondary N) is 1. The Balaban J connectivity index is 2.13. The lowest BCUT2D eigenvalue weighted by Crippen LogP contribution is -1.83. The number of benzene rings is 1. The summed E-state index contributed by atoms with van der Waals surface area (Å²) >= 11 is 0. The number of H-pyrrole nitrogens is 1. The van der Waals surface area contributed by atoms with Crippen molar-refractivity contribution in [1.82, 2.24) is 15.0 Å². The van der Waals surface area contributed by atoms with Gasteiger partial charge in [0.15, 0.2) is 0 Å². The maximum Gasteiger partial charge on any atom is 0.0723 e. The Morgan fingerprint density at radius 3 is 2.74 bits per heavy atom. The van der Waals surface area contributed by atoms with Gasteiger partial charge in [0.1, 0.15) is 0 Å². The average molecular weight is 245 g/mol. The molecule has 19 heavy (non-hydrogen) atoms. The zero-order valence-electron chi connectivity index (χ0n) is 10.2. The Hall–Kier alpha value is -2.68. The lowest BCUT2D eigenvalue weighted by Gasteiger charge is -2.01. The van der Waals surface area contributed by atoms with Crippen LogP contribution >= 0.6 is 0 Å². The number of rotatable bonds is 1. The van der Waals surface area contributed by atoms with Gasteiger partial charge in [-0.25, -0.2) is 0 Å². The molecule has 1 N–H and O–H groups in total. The summed E-state index contributed by atoms with van der Waals surface area (Å²) in [4.78, 5) is 12.1. The highest BCUT2D eigenvalue weighted by molar-refractivity contribution is 6.11. The molecule has 0 unspecified atom stereocenters. The molecule has 1 aromatic carbocycles. The quantitative estimate of drug-likeness (QED) is 0.554. The Bertz CT molecular complexity index is 863. The van der Waals surface area contributed by atoms with Crippen LogP contribution in [0.15, 0.2) is 61.1 Å². The first-order valence-corrected chi connectivity index (χ1v) is 6.19. The molecule has 0 aliphatic carbocycles. The van der Waals surface area contributed by atoms with Crippen molar-refractivity contribution in [2.45, 2.75) is 0 Å². The van der Waals surface area contributed by atoms with E-state index in [1.54, 1.807) is 6.20 Å². The van der Waals surface area contributed by atoms with Gasteiger partial charge in [0.2, 0.25) is 0 Å². The van der Waals surface area contributed by atoms with Crippen molar-refractivity contribution in [3.63, 3.8) is 0 Å². The topological polar surface area (TPSA) is 41.6 Å². The molecule has 0 bridgehead atoms. The Morgan fingerprint density at radius 1 is 0.842 bits per heavy atom. The monoisotopic (exact) mass is 245 g/mol. The zero-order chi connectivity index (χ0) is 12.7. The molecule has 0 saturated heterocycles. The van der Waals surface area contributed by atoms with Crippen molar-refractivity contribution in [3.05, 3.63) is 61.1 Å². The molecule has 3 heteroatoms. The van der Waals surface area contributed by atoms with Crippen LogP contribution in [0.3, 0.4) is 0 Å². The molecule has 3 nitrogen and oxygen atoms in total. The van der Waals surface area contributed by atoms with E-state index in [0.29, 0.717) is 0 Å². The number of aromatic amines is 1. The van der Waals surface area contributed by atoms with Gasteiger partial charge in [-0.05, 0) is 18.2 Å². The molecule has 0 aliphatic heterocycles. The standard InChI is InChI=1S/C16H11N3/c1-2-8-18-14(6-1)12-5-3-4-11-13-10-17-9-7-15(13)19-16(11)12/h1-10,19H. The number of para-hydroxylation sites is 1. The minimum atomic E-state index is 0.979. The molecule has 4 rings (SSSR count). The fraction of sp³-hybridized carbons (Fsp3) is 0. The second kappa shape index (κ2) is 3.92. The van der Waals surface area contributed by atoms with Gasteiger partial charge >= 0.3 is 0 Å². The lowest BCUT2D eigenvalue weighted by atomic mass is 10.1. The highest BCUT2D eigenvalue weighted by atomic mass is 14.7. The maximum absolute atomic E-state index is 4.43. The van der Waals surface area contributed by atoms with Crippen LogP contribution in [0.4, 0.5) is 0 Å². The molecule has 0 atom stereocenters. The number of fused-ring (bicyclic) bond motifs is 3. The van der Waals surface area contributed by atoms with E-state index in [4.69, 9.17) is 0 Å². The molecule has 4 aromatic rings. The first-order valence-electron chi connectivity index (χ1n) is 6.19. The molecule has 90 valence electrons. The van der Waals surface area contributed by atoms with Crippen molar-refractivity contribution in [3.8, 4) is 11.3 Å². The van der Waals surface area contributed by atoms with E-state index in [1.807, 2.05) is 36.7 Å². The molecule has 0 amide bonds. The summed E-state index contributed by atoms with van der Waals surface area (Å²) in [5.41, 5.74) is 4.32. The summed E-state index contributed by atoms with van der Waals surface area (Å²) in [6, 6.07) is 14.2. The summed E-state index contributed by atoms with van der Waals surface area (Å²) in [6.45, 7) is 0. The number of hydrogen-bond acceptors (Lipinski definition) is 2. The van der Waals surface area contributed by atoms with E-state index in [0.717, 1.165) is 27.7 Å². The molecular formula is C16H11N3. The van der Waals surface area contributed by atoms with Gasteiger partial charge in [0.25, 0.3) is 0 Å². The van der Waals surface area contributed by atoms with Crippen LogP contribution < -0.4 is 0 Å². The predicted molar refractivity (Wildman–Crippen MR) is 76.8 cm³/mol. The van der Waals surface area contributed by atoms with E-state index >= 15 is 0 Å². The molecule has 0 spiro atoms. The van der Waals surface area contributed by atoms with Crippen LogP contribution in [-0.4, -0.2) is 15.0 Å². The molecule has 3 aromatic heterocycles. The molecule has 0 saturated carbocycles. The molecule has 0 radical (unpaired) electrons. The summed E-state index contributed by atoms with van der Waals surface area (Å²) in [5.74, 6) is 0. The SMILES string of the molecule is c1ccc(-c2cccc3c2[nH]c2ccncc23)nc1. The first kappa shape index (κ1) is 10.3. The van der Waals surface area contributed by atoms with Gasteiger partial charge in [-0.1, -0.05) is 24.3 Å². The summed E-state index contributed by atoms with van der Waals surface area (Å²) < 4.78 is 0. The zero-order valence-corrected chi connectivity index (χ0v) is 10.2. The molecule has 0 fully saturated rings. The van der Waals surface area contributed by atoms with Crippen LogP contribution in [-0.2, 0) is 0 Å². The number of hydrogen-bond donors (Lipinski definition) is 1. The highest BCUT2D eigenvalue weighted by Crippen LogP contribution is 2.31. The van der Waals surface area contributed by atoms with Gasteiger partial charge < -0.3 is 4.98 Å². The van der Waals surface area contributed by atoms with Gasteiger partial charge in [-0.3, -0.25) is 9.97 Å². The van der Waals surface area contributed by atoms with Gasteiger partial charge in [0.05, 0.1) is 11.2 Å². The minimum Gasteiger partial charge on any atom is -0.354 e. The second-order valence-electron chi connectivity index (χ2n) is 4.49. The Kier molecular flexibility index (Phi) is 2.12. The fourth-order valence-electron chi connectivity index (χ4n) is 2.50. The third kappa shape index (κ3) is 1.52. The minimum absolute atomic E-state index is 0.979. The smallest absolute Gasteiger partial charge is 0.0723 e. The van der Waals surface area contributed by atoms with E-state index in [1.165, 1.54) is 5.39 Å². The third-order valence-corrected chi connectivity index (χ3v) is 3.38. The van der Waals surface area contributed by atoms with Crippen molar-refractivity contribution in [1.29, 1.82) is 0 Å². The van der Waals surface area contributed by atoms with E-state index < -0.39 is 0 Å². The lowest BCUT2D eigenvalue weighted by molar-refractivity contribution is 1.33. The van der Waals surface area contributed by atoms with E-state index in [2.05, 4.69) is 33.2 Å². The van der Waals surface area contributed by atoms with E-state index in [-0.39, 0.29) is 0 Å². The summed E-state index contributed by atoms with van der Waals surface area (Å²) in [6.07, 6.45) is 5.52. The molecule has 3 heterocycles. The average Bonchev–Trinajstić information content (AvgIpc) is 2.87. The number of nitrogens with zero attached hydrogens (tertiary/aromatic N) is 2. The van der Waals surface area contributed by atoms with Gasteiger partial charge in [-0.15, -0.1) is 0 Å². The fourth-order valence-corrected chi connectivity index (χ4v) is 2.50.